The van der Waals surface area contributed by atoms with Crippen LogP contribution in [-0.4, -0.2) is 16.9 Å². The van der Waals surface area contributed by atoms with Gasteiger partial charge in [-0.1, -0.05) is 13.5 Å². The number of phenols is 1. The number of esters is 1. The number of aromatic hydroxyl groups is 1. The van der Waals surface area contributed by atoms with Crippen molar-refractivity contribution in [3.05, 3.63) is 35.9 Å². The van der Waals surface area contributed by atoms with E-state index in [4.69, 9.17) is 4.74 Å². The molecule has 4 heteroatoms. The van der Waals surface area contributed by atoms with E-state index in [-0.39, 0.29) is 34.8 Å². The normalized spacial score (nSPS) is 9.76. The van der Waals surface area contributed by atoms with Crippen LogP contribution in [-0.2, 0) is 4.79 Å². The summed E-state index contributed by atoms with van der Waals surface area (Å²) in [5, 5.41) is 9.50. The average Bonchev–Trinajstić information content (AvgIpc) is 2.30. The Morgan fingerprint density at radius 1 is 1.41 bits per heavy atom. The third kappa shape index (κ3) is 3.17. The van der Waals surface area contributed by atoms with Crippen molar-refractivity contribution in [2.45, 2.75) is 20.3 Å². The Bertz CT molecular complexity index is 474. The van der Waals surface area contributed by atoms with Crippen LogP contribution in [0, 0.1) is 0 Å². The van der Waals surface area contributed by atoms with Gasteiger partial charge >= 0.3 is 5.97 Å². The van der Waals surface area contributed by atoms with Gasteiger partial charge in [-0.15, -0.1) is 0 Å². The van der Waals surface area contributed by atoms with Crippen LogP contribution in [0.2, 0.25) is 0 Å². The molecule has 0 saturated carbocycles. The lowest BCUT2D eigenvalue weighted by molar-refractivity contribution is -0.130. The Kier molecular flexibility index (Phi) is 4.04. The summed E-state index contributed by atoms with van der Waals surface area (Å²) in [6, 6.07) is 4.09. The van der Waals surface area contributed by atoms with Crippen LogP contribution in [0.3, 0.4) is 0 Å². The first-order chi connectivity index (χ1) is 7.95. The van der Waals surface area contributed by atoms with Gasteiger partial charge in [-0.3, -0.25) is 4.79 Å². The number of Topliss-reactive ketones (excluding diaryl/α,β-unsaturated/α-hetero) is 1. The molecule has 0 heterocycles. The van der Waals surface area contributed by atoms with Crippen LogP contribution in [0.25, 0.3) is 0 Å². The van der Waals surface area contributed by atoms with Gasteiger partial charge in [0.15, 0.2) is 5.78 Å². The number of ether oxygens (including phenoxy) is 1. The van der Waals surface area contributed by atoms with E-state index in [0.717, 1.165) is 0 Å². The van der Waals surface area contributed by atoms with E-state index < -0.39 is 5.97 Å². The first kappa shape index (κ1) is 13.0. The number of carbonyl (C=O) groups excluding carboxylic acids is 2. The molecule has 0 atom stereocenters. The van der Waals surface area contributed by atoms with Gasteiger partial charge < -0.3 is 9.84 Å². The topological polar surface area (TPSA) is 63.6 Å². The van der Waals surface area contributed by atoms with Gasteiger partial charge in [0.2, 0.25) is 0 Å². The molecular formula is C13H14O4. The quantitative estimate of drug-likeness (QED) is 0.376. The molecule has 4 nitrogen and oxygen atoms in total. The summed E-state index contributed by atoms with van der Waals surface area (Å²) in [7, 11) is 0. The third-order valence-corrected chi connectivity index (χ3v) is 2.15. The lowest BCUT2D eigenvalue weighted by Crippen LogP contribution is -2.08. The number of carbonyl (C=O) groups is 2. The van der Waals surface area contributed by atoms with Crippen molar-refractivity contribution >= 4 is 11.8 Å². The van der Waals surface area contributed by atoms with Gasteiger partial charge in [0.05, 0.1) is 5.56 Å². The molecule has 1 aromatic carbocycles. The summed E-state index contributed by atoms with van der Waals surface area (Å²) in [6.45, 7) is 6.67. The first-order valence-corrected chi connectivity index (χ1v) is 5.19. The van der Waals surface area contributed by atoms with E-state index in [0.29, 0.717) is 0 Å². The molecule has 0 fully saturated rings. The van der Waals surface area contributed by atoms with Crippen LogP contribution < -0.4 is 4.74 Å². The molecule has 0 amide bonds. The summed E-state index contributed by atoms with van der Waals surface area (Å²) in [6.07, 6.45) is 0.269. The van der Waals surface area contributed by atoms with E-state index in [9.17, 15) is 14.7 Å². The standard InChI is InChI=1S/C13H14O4/c1-4-11(14)10-7-9(5-6-12(10)15)17-13(16)8(2)3/h5-7,15H,2,4H2,1,3H3. The Morgan fingerprint density at radius 2 is 2.06 bits per heavy atom. The number of phenolic OH excluding ortho intramolecular Hbond substituents is 1. The average molecular weight is 234 g/mol. The third-order valence-electron chi connectivity index (χ3n) is 2.15. The zero-order valence-electron chi connectivity index (χ0n) is 9.82. The lowest BCUT2D eigenvalue weighted by atomic mass is 10.1. The van der Waals surface area contributed by atoms with Gasteiger partial charge in [-0.2, -0.15) is 0 Å². The van der Waals surface area contributed by atoms with Crippen molar-refractivity contribution in [2.24, 2.45) is 0 Å². The SMILES string of the molecule is C=C(C)C(=O)Oc1ccc(O)c(C(=O)CC)c1. The van der Waals surface area contributed by atoms with Crippen molar-refractivity contribution in [3.8, 4) is 11.5 Å². The van der Waals surface area contributed by atoms with Gasteiger partial charge in [-0.05, 0) is 25.1 Å². The zero-order chi connectivity index (χ0) is 13.0. The van der Waals surface area contributed by atoms with Crippen molar-refractivity contribution in [1.82, 2.24) is 0 Å². The first-order valence-electron chi connectivity index (χ1n) is 5.19. The second kappa shape index (κ2) is 5.30. The Hall–Kier alpha value is -2.10. The van der Waals surface area contributed by atoms with Crippen molar-refractivity contribution < 1.29 is 19.4 Å². The van der Waals surface area contributed by atoms with E-state index in [1.807, 2.05) is 0 Å². The van der Waals surface area contributed by atoms with Crippen molar-refractivity contribution in [1.29, 1.82) is 0 Å². The maximum Gasteiger partial charge on any atom is 0.338 e. The molecule has 0 radical (unpaired) electrons. The Labute approximate surface area is 99.5 Å². The number of hydrogen-bond donors (Lipinski definition) is 1. The highest BCUT2D eigenvalue weighted by molar-refractivity contribution is 5.99. The molecule has 0 aliphatic rings. The summed E-state index contributed by atoms with van der Waals surface area (Å²) in [4.78, 5) is 22.8. The molecule has 0 aliphatic carbocycles. The second-order valence-corrected chi connectivity index (χ2v) is 3.63. The molecule has 0 bridgehead atoms. The summed E-state index contributed by atoms with van der Waals surface area (Å²) < 4.78 is 4.96. The fourth-order valence-electron chi connectivity index (χ4n) is 1.19. The molecule has 1 aromatic rings. The molecule has 0 aromatic heterocycles. The van der Waals surface area contributed by atoms with Gasteiger partial charge in [0.1, 0.15) is 11.5 Å². The summed E-state index contributed by atoms with van der Waals surface area (Å²) in [5.74, 6) is -0.680. The van der Waals surface area contributed by atoms with E-state index in [2.05, 4.69) is 6.58 Å². The highest BCUT2D eigenvalue weighted by atomic mass is 16.5. The Morgan fingerprint density at radius 3 is 2.59 bits per heavy atom. The van der Waals surface area contributed by atoms with Crippen LogP contribution in [0.5, 0.6) is 11.5 Å². The van der Waals surface area contributed by atoms with E-state index in [1.54, 1.807) is 6.92 Å². The van der Waals surface area contributed by atoms with Crippen molar-refractivity contribution in [3.63, 3.8) is 0 Å². The molecule has 0 unspecified atom stereocenters. The summed E-state index contributed by atoms with van der Waals surface area (Å²) >= 11 is 0. The minimum atomic E-state index is -0.564. The fourth-order valence-corrected chi connectivity index (χ4v) is 1.19. The maximum atomic E-state index is 11.5. The predicted molar refractivity (Wildman–Crippen MR) is 63.2 cm³/mol. The molecule has 90 valence electrons. The largest absolute Gasteiger partial charge is 0.507 e. The Balaban J connectivity index is 3.00. The molecular weight excluding hydrogens is 220 g/mol. The van der Waals surface area contributed by atoms with E-state index >= 15 is 0 Å². The second-order valence-electron chi connectivity index (χ2n) is 3.63. The van der Waals surface area contributed by atoms with Crippen LogP contribution in [0.1, 0.15) is 30.6 Å². The lowest BCUT2D eigenvalue weighted by Gasteiger charge is -2.07. The molecule has 1 rings (SSSR count). The number of hydrogen-bond acceptors (Lipinski definition) is 4. The van der Waals surface area contributed by atoms with Crippen molar-refractivity contribution in [2.75, 3.05) is 0 Å². The highest BCUT2D eigenvalue weighted by Crippen LogP contribution is 2.24. The van der Waals surface area contributed by atoms with Crippen LogP contribution in [0.4, 0.5) is 0 Å². The minimum absolute atomic E-state index is 0.119. The predicted octanol–water partition coefficient (Wildman–Crippen LogP) is 2.47. The highest BCUT2D eigenvalue weighted by Gasteiger charge is 2.12. The van der Waals surface area contributed by atoms with Crippen LogP contribution in [0.15, 0.2) is 30.4 Å². The fraction of sp³-hybridized carbons (Fsp3) is 0.231. The number of ketones is 1. The monoisotopic (exact) mass is 234 g/mol. The zero-order valence-corrected chi connectivity index (χ0v) is 9.82. The number of rotatable bonds is 4. The van der Waals surface area contributed by atoms with E-state index in [1.165, 1.54) is 25.1 Å². The minimum Gasteiger partial charge on any atom is -0.507 e. The van der Waals surface area contributed by atoms with Gasteiger partial charge in [0.25, 0.3) is 0 Å². The molecule has 0 saturated heterocycles. The number of benzene rings is 1. The smallest absolute Gasteiger partial charge is 0.338 e. The molecule has 0 aliphatic heterocycles. The molecule has 0 spiro atoms. The molecule has 1 N–H and O–H groups in total. The summed E-state index contributed by atoms with van der Waals surface area (Å²) in [5.41, 5.74) is 0.418. The maximum absolute atomic E-state index is 11.5. The van der Waals surface area contributed by atoms with Gasteiger partial charge in [-0.25, -0.2) is 4.79 Å². The van der Waals surface area contributed by atoms with Gasteiger partial charge in [0, 0.05) is 12.0 Å². The van der Waals surface area contributed by atoms with Crippen LogP contribution >= 0.6 is 0 Å². The molecule has 17 heavy (non-hydrogen) atoms.